The second-order valence-corrected chi connectivity index (χ2v) is 7.14. The molecule has 0 radical (unpaired) electrons. The van der Waals surface area contributed by atoms with Crippen molar-refractivity contribution in [1.82, 2.24) is 20.1 Å². The van der Waals surface area contributed by atoms with Crippen LogP contribution in [0.1, 0.15) is 49.4 Å². The SMILES string of the molecule is Cc1ccc(N2CC[C@H](N[C@H](C)c3nnc4n3CCCC4)C2=O)cc1. The lowest BCUT2D eigenvalue weighted by Crippen LogP contribution is -2.40. The third kappa shape index (κ3) is 3.06. The van der Waals surface area contributed by atoms with E-state index in [2.05, 4.69) is 46.1 Å². The fourth-order valence-electron chi connectivity index (χ4n) is 3.84. The molecule has 3 heterocycles. The van der Waals surface area contributed by atoms with Gasteiger partial charge in [-0.05, 0) is 45.2 Å². The summed E-state index contributed by atoms with van der Waals surface area (Å²) in [6, 6.07) is 8.00. The molecule has 2 aliphatic rings. The number of benzene rings is 1. The summed E-state index contributed by atoms with van der Waals surface area (Å²) in [7, 11) is 0. The normalized spacial score (nSPS) is 21.4. The van der Waals surface area contributed by atoms with E-state index < -0.39 is 0 Å². The van der Waals surface area contributed by atoms with Crippen molar-refractivity contribution in [1.29, 1.82) is 0 Å². The molecule has 25 heavy (non-hydrogen) atoms. The van der Waals surface area contributed by atoms with Gasteiger partial charge in [0.2, 0.25) is 5.91 Å². The van der Waals surface area contributed by atoms with Crippen LogP contribution in [0.25, 0.3) is 0 Å². The van der Waals surface area contributed by atoms with Gasteiger partial charge >= 0.3 is 0 Å². The number of carbonyl (C=O) groups is 1. The van der Waals surface area contributed by atoms with E-state index in [1.165, 1.54) is 18.4 Å². The molecular formula is C19H25N5O. The Morgan fingerprint density at radius 1 is 1.16 bits per heavy atom. The van der Waals surface area contributed by atoms with E-state index in [9.17, 15) is 4.79 Å². The predicted octanol–water partition coefficient (Wildman–Crippen LogP) is 2.38. The maximum absolute atomic E-state index is 12.8. The van der Waals surface area contributed by atoms with E-state index in [1.54, 1.807) is 0 Å². The van der Waals surface area contributed by atoms with Gasteiger partial charge in [-0.25, -0.2) is 0 Å². The first-order valence-electron chi connectivity index (χ1n) is 9.19. The Morgan fingerprint density at radius 2 is 1.96 bits per heavy atom. The van der Waals surface area contributed by atoms with Crippen molar-refractivity contribution in [3.05, 3.63) is 41.5 Å². The summed E-state index contributed by atoms with van der Waals surface area (Å²) in [5, 5.41) is 12.2. The average Bonchev–Trinajstić information content (AvgIpc) is 3.20. The highest BCUT2D eigenvalue weighted by Crippen LogP contribution is 2.24. The summed E-state index contributed by atoms with van der Waals surface area (Å²) < 4.78 is 2.22. The minimum absolute atomic E-state index is 0.0197. The van der Waals surface area contributed by atoms with Gasteiger partial charge in [0, 0.05) is 25.2 Å². The molecule has 1 N–H and O–H groups in total. The smallest absolute Gasteiger partial charge is 0.244 e. The van der Waals surface area contributed by atoms with Gasteiger partial charge in [-0.3, -0.25) is 10.1 Å². The molecule has 1 saturated heterocycles. The number of amides is 1. The van der Waals surface area contributed by atoms with Crippen molar-refractivity contribution in [2.24, 2.45) is 0 Å². The molecule has 132 valence electrons. The molecule has 0 saturated carbocycles. The van der Waals surface area contributed by atoms with E-state index in [0.717, 1.165) is 43.3 Å². The zero-order valence-electron chi connectivity index (χ0n) is 14.9. The van der Waals surface area contributed by atoms with Gasteiger partial charge in [-0.15, -0.1) is 10.2 Å². The van der Waals surface area contributed by atoms with Crippen molar-refractivity contribution >= 4 is 11.6 Å². The zero-order chi connectivity index (χ0) is 17.4. The molecule has 0 aliphatic carbocycles. The number of hydrogen-bond acceptors (Lipinski definition) is 4. The molecule has 1 amide bonds. The first kappa shape index (κ1) is 16.3. The lowest BCUT2D eigenvalue weighted by atomic mass is 10.1. The molecule has 1 aromatic carbocycles. The first-order chi connectivity index (χ1) is 12.1. The summed E-state index contributed by atoms with van der Waals surface area (Å²) in [6.07, 6.45) is 4.18. The Morgan fingerprint density at radius 3 is 2.76 bits per heavy atom. The molecule has 0 bridgehead atoms. The van der Waals surface area contributed by atoms with E-state index >= 15 is 0 Å². The monoisotopic (exact) mass is 339 g/mol. The van der Waals surface area contributed by atoms with Crippen LogP contribution in [0, 0.1) is 6.92 Å². The van der Waals surface area contributed by atoms with Crippen LogP contribution in [0.2, 0.25) is 0 Å². The number of fused-ring (bicyclic) bond motifs is 1. The van der Waals surface area contributed by atoms with Gasteiger partial charge in [0.15, 0.2) is 0 Å². The van der Waals surface area contributed by atoms with Crippen molar-refractivity contribution in [3.8, 4) is 0 Å². The maximum atomic E-state index is 12.8. The van der Waals surface area contributed by atoms with Gasteiger partial charge in [0.25, 0.3) is 0 Å². The standard InChI is InChI=1S/C19H25N5O/c1-13-6-8-15(9-7-13)23-12-10-16(19(23)25)20-14(2)18-22-21-17-5-3-4-11-24(17)18/h6-9,14,16,20H,3-5,10-12H2,1-2H3/t14-,16+/m1/s1. The van der Waals surface area contributed by atoms with Crippen LogP contribution in [-0.2, 0) is 17.8 Å². The van der Waals surface area contributed by atoms with Crippen molar-refractivity contribution < 1.29 is 4.79 Å². The summed E-state index contributed by atoms with van der Waals surface area (Å²) in [6.45, 7) is 5.87. The minimum Gasteiger partial charge on any atom is -0.314 e. The molecule has 0 spiro atoms. The Kier molecular flexibility index (Phi) is 4.29. The Bertz CT molecular complexity index is 767. The number of anilines is 1. The highest BCUT2D eigenvalue weighted by molar-refractivity contribution is 5.99. The Hall–Kier alpha value is -2.21. The summed E-state index contributed by atoms with van der Waals surface area (Å²) >= 11 is 0. The Labute approximate surface area is 148 Å². The topological polar surface area (TPSA) is 63.0 Å². The molecule has 1 aromatic heterocycles. The third-order valence-corrected chi connectivity index (χ3v) is 5.28. The second-order valence-electron chi connectivity index (χ2n) is 7.14. The maximum Gasteiger partial charge on any atom is 0.244 e. The van der Waals surface area contributed by atoms with Gasteiger partial charge in [0.1, 0.15) is 11.6 Å². The number of rotatable bonds is 4. The summed E-state index contributed by atoms with van der Waals surface area (Å²) in [4.78, 5) is 14.7. The van der Waals surface area contributed by atoms with Gasteiger partial charge in [-0.1, -0.05) is 17.7 Å². The van der Waals surface area contributed by atoms with E-state index in [4.69, 9.17) is 0 Å². The fourth-order valence-corrected chi connectivity index (χ4v) is 3.84. The lowest BCUT2D eigenvalue weighted by molar-refractivity contribution is -0.119. The number of aromatic nitrogens is 3. The highest BCUT2D eigenvalue weighted by atomic mass is 16.2. The lowest BCUT2D eigenvalue weighted by Gasteiger charge is -2.22. The minimum atomic E-state index is -0.159. The molecule has 6 nitrogen and oxygen atoms in total. The number of hydrogen-bond donors (Lipinski definition) is 1. The second kappa shape index (κ2) is 6.59. The molecule has 6 heteroatoms. The highest BCUT2D eigenvalue weighted by Gasteiger charge is 2.34. The van der Waals surface area contributed by atoms with Gasteiger partial charge in [0.05, 0.1) is 12.1 Å². The van der Waals surface area contributed by atoms with Crippen LogP contribution >= 0.6 is 0 Å². The first-order valence-corrected chi connectivity index (χ1v) is 9.19. The molecule has 1 fully saturated rings. The van der Waals surface area contributed by atoms with Crippen molar-refractivity contribution in [3.63, 3.8) is 0 Å². The van der Waals surface area contributed by atoms with Crippen LogP contribution in [-0.4, -0.2) is 33.3 Å². The molecule has 0 unspecified atom stereocenters. The molecule has 2 atom stereocenters. The molecule has 2 aliphatic heterocycles. The number of aryl methyl sites for hydroxylation is 2. The van der Waals surface area contributed by atoms with Crippen molar-refractivity contribution in [2.75, 3.05) is 11.4 Å². The summed E-state index contributed by atoms with van der Waals surface area (Å²) in [5.41, 5.74) is 2.18. The summed E-state index contributed by atoms with van der Waals surface area (Å²) in [5.74, 6) is 2.18. The number of nitrogens with one attached hydrogen (secondary N) is 1. The zero-order valence-corrected chi connectivity index (χ0v) is 14.9. The van der Waals surface area contributed by atoms with E-state index in [-0.39, 0.29) is 18.0 Å². The molecule has 2 aromatic rings. The number of carbonyl (C=O) groups excluding carboxylic acids is 1. The van der Waals surface area contributed by atoms with Crippen LogP contribution in [0.3, 0.4) is 0 Å². The van der Waals surface area contributed by atoms with E-state index in [1.807, 2.05) is 17.0 Å². The average molecular weight is 339 g/mol. The predicted molar refractivity (Wildman–Crippen MR) is 96.4 cm³/mol. The van der Waals surface area contributed by atoms with Crippen LogP contribution in [0.5, 0.6) is 0 Å². The largest absolute Gasteiger partial charge is 0.314 e. The fraction of sp³-hybridized carbons (Fsp3) is 0.526. The van der Waals surface area contributed by atoms with Crippen molar-refractivity contribution in [2.45, 2.75) is 58.2 Å². The van der Waals surface area contributed by atoms with Crippen LogP contribution in [0.4, 0.5) is 5.69 Å². The molecular weight excluding hydrogens is 314 g/mol. The van der Waals surface area contributed by atoms with Crippen LogP contribution in [0.15, 0.2) is 24.3 Å². The van der Waals surface area contributed by atoms with E-state index in [0.29, 0.717) is 0 Å². The molecule has 4 rings (SSSR count). The van der Waals surface area contributed by atoms with Gasteiger partial charge in [-0.2, -0.15) is 0 Å². The van der Waals surface area contributed by atoms with Gasteiger partial charge < -0.3 is 9.47 Å². The number of nitrogens with zero attached hydrogens (tertiary/aromatic N) is 4. The quantitative estimate of drug-likeness (QED) is 0.929. The Balaban J connectivity index is 1.45. The third-order valence-electron chi connectivity index (χ3n) is 5.28. The van der Waals surface area contributed by atoms with Crippen LogP contribution < -0.4 is 10.2 Å².